The van der Waals surface area contributed by atoms with Crippen molar-refractivity contribution in [1.29, 1.82) is 5.41 Å². The second-order valence-electron chi connectivity index (χ2n) is 11.8. The third-order valence-corrected chi connectivity index (χ3v) is 8.28. The quantitative estimate of drug-likeness (QED) is 0.0718. The number of amidine groups is 1. The van der Waals surface area contributed by atoms with E-state index < -0.39 is 6.09 Å². The van der Waals surface area contributed by atoms with Crippen molar-refractivity contribution in [3.05, 3.63) is 89.5 Å². The molecule has 0 bridgehead atoms. The van der Waals surface area contributed by atoms with E-state index in [0.717, 1.165) is 60.3 Å². The molecule has 2 amide bonds. The van der Waals surface area contributed by atoms with Crippen molar-refractivity contribution in [3.63, 3.8) is 0 Å². The number of carbonyl (C=O) groups excluding carboxylic acids is 3. The molecule has 0 radical (unpaired) electrons. The molecule has 0 fully saturated rings. The van der Waals surface area contributed by atoms with Gasteiger partial charge in [0.15, 0.2) is 0 Å². The number of unbranched alkanes of at least 4 members (excludes halogenated alkanes) is 5. The molecule has 0 atom stereocenters. The fourth-order valence-corrected chi connectivity index (χ4v) is 5.77. The monoisotopic (exact) mass is 640 g/mol. The molecule has 0 spiro atoms. The molecule has 0 unspecified atom stereocenters. The number of hydrogen-bond donors (Lipinski definition) is 2. The number of anilines is 3. The number of para-hydroxylation sites is 1. The molecular weight excluding hydrogens is 592 g/mol. The average molecular weight is 641 g/mol. The molecule has 9 heteroatoms. The average Bonchev–Trinajstić information content (AvgIpc) is 3.09. The number of ether oxygens (including phenoxy) is 2. The lowest BCUT2D eigenvalue weighted by Gasteiger charge is -2.32. The molecule has 250 valence electrons. The van der Waals surface area contributed by atoms with Gasteiger partial charge in [0.25, 0.3) is 0 Å². The predicted octanol–water partition coefficient (Wildman–Crippen LogP) is 7.71. The van der Waals surface area contributed by atoms with Crippen LogP contribution in [0.25, 0.3) is 0 Å². The first-order valence-electron chi connectivity index (χ1n) is 16.9. The van der Waals surface area contributed by atoms with Gasteiger partial charge in [-0.05, 0) is 74.1 Å². The van der Waals surface area contributed by atoms with Crippen molar-refractivity contribution < 1.29 is 23.9 Å². The number of alkyl carbamates (subject to hydrolysis) is 1. The number of nitrogens with zero attached hydrogens (tertiary/aromatic N) is 2. The SMILES string of the molecule is CCCCCCCCOC(=O)NC(=N)c1ccc(CCC(=O)N2CCCc3cc(N(CC(=O)OCC)c4ccccc4)ccc32)cc1. The largest absolute Gasteiger partial charge is 0.465 e. The maximum Gasteiger partial charge on any atom is 0.412 e. The summed E-state index contributed by atoms with van der Waals surface area (Å²) in [6.45, 7) is 5.41. The van der Waals surface area contributed by atoms with Crippen LogP contribution in [0, 0.1) is 5.41 Å². The number of nitrogens with one attached hydrogen (secondary N) is 2. The summed E-state index contributed by atoms with van der Waals surface area (Å²) in [4.78, 5) is 41.8. The van der Waals surface area contributed by atoms with Crippen LogP contribution in [0.3, 0.4) is 0 Å². The van der Waals surface area contributed by atoms with Crippen LogP contribution < -0.4 is 15.1 Å². The van der Waals surface area contributed by atoms with Crippen molar-refractivity contribution in [3.8, 4) is 0 Å². The van der Waals surface area contributed by atoms with Gasteiger partial charge < -0.3 is 19.3 Å². The number of rotatable bonds is 16. The third kappa shape index (κ3) is 10.7. The molecule has 2 N–H and O–H groups in total. The van der Waals surface area contributed by atoms with Crippen LogP contribution in [0.4, 0.5) is 21.9 Å². The van der Waals surface area contributed by atoms with Crippen LogP contribution in [0.5, 0.6) is 0 Å². The summed E-state index contributed by atoms with van der Waals surface area (Å²) < 4.78 is 10.5. The van der Waals surface area contributed by atoms with Gasteiger partial charge in [0, 0.05) is 35.6 Å². The second kappa shape index (κ2) is 18.5. The first-order chi connectivity index (χ1) is 22.9. The van der Waals surface area contributed by atoms with Crippen molar-refractivity contribution in [2.75, 3.05) is 36.1 Å². The number of benzene rings is 3. The smallest absolute Gasteiger partial charge is 0.412 e. The molecule has 9 nitrogen and oxygen atoms in total. The number of esters is 1. The van der Waals surface area contributed by atoms with Crippen LogP contribution in [0.1, 0.15) is 81.9 Å². The summed E-state index contributed by atoms with van der Waals surface area (Å²) in [6.07, 6.45) is 8.65. The van der Waals surface area contributed by atoms with E-state index in [1.807, 2.05) is 64.4 Å². The molecule has 0 saturated carbocycles. The summed E-state index contributed by atoms with van der Waals surface area (Å²) in [5.74, 6) is -0.261. The maximum absolute atomic E-state index is 13.4. The van der Waals surface area contributed by atoms with Crippen molar-refractivity contribution in [2.45, 2.75) is 78.1 Å². The zero-order valence-electron chi connectivity index (χ0n) is 27.8. The van der Waals surface area contributed by atoms with Gasteiger partial charge in [0.1, 0.15) is 12.4 Å². The van der Waals surface area contributed by atoms with E-state index in [1.165, 1.54) is 19.3 Å². The topological polar surface area (TPSA) is 112 Å². The van der Waals surface area contributed by atoms with Gasteiger partial charge in [0.05, 0.1) is 13.2 Å². The van der Waals surface area contributed by atoms with E-state index in [4.69, 9.17) is 14.9 Å². The Morgan fingerprint density at radius 1 is 0.872 bits per heavy atom. The third-order valence-electron chi connectivity index (χ3n) is 8.28. The standard InChI is InChI=1S/C38H48N4O5/c1-3-5-6-7-8-12-26-47-38(45)40-37(39)30-20-17-29(18-21-30)19-24-35(43)41-25-13-14-31-27-33(22-23-34(31)41)42(28-36(44)46-4-2)32-15-10-9-11-16-32/h9-11,15-18,20-23,27H,3-8,12-14,19,24-26,28H2,1-2H3,(H2,39,40,45). The van der Waals surface area contributed by atoms with Gasteiger partial charge in [-0.3, -0.25) is 20.3 Å². The summed E-state index contributed by atoms with van der Waals surface area (Å²) in [7, 11) is 0. The van der Waals surface area contributed by atoms with Gasteiger partial charge in [-0.15, -0.1) is 0 Å². The maximum atomic E-state index is 13.4. The Morgan fingerprint density at radius 3 is 2.36 bits per heavy atom. The Balaban J connectivity index is 1.30. The van der Waals surface area contributed by atoms with E-state index in [1.54, 1.807) is 19.1 Å². The zero-order valence-corrected chi connectivity index (χ0v) is 27.8. The molecule has 3 aromatic carbocycles. The Hall–Kier alpha value is -4.66. The molecule has 0 aliphatic carbocycles. The van der Waals surface area contributed by atoms with Crippen molar-refractivity contribution >= 4 is 40.9 Å². The minimum absolute atomic E-state index is 0.0158. The van der Waals surface area contributed by atoms with E-state index >= 15 is 0 Å². The lowest BCUT2D eigenvalue weighted by molar-refractivity contribution is -0.141. The number of hydrogen-bond acceptors (Lipinski definition) is 7. The number of fused-ring (bicyclic) bond motifs is 1. The molecule has 4 rings (SSSR count). The highest BCUT2D eigenvalue weighted by Crippen LogP contribution is 2.34. The van der Waals surface area contributed by atoms with E-state index in [2.05, 4.69) is 18.3 Å². The zero-order chi connectivity index (χ0) is 33.4. The fraction of sp³-hybridized carbons (Fsp3) is 0.421. The predicted molar refractivity (Wildman–Crippen MR) is 187 cm³/mol. The Morgan fingerprint density at radius 2 is 1.62 bits per heavy atom. The van der Waals surface area contributed by atoms with Crippen LogP contribution in [0.2, 0.25) is 0 Å². The number of carbonyl (C=O) groups is 3. The van der Waals surface area contributed by atoms with Crippen LogP contribution >= 0.6 is 0 Å². The first kappa shape index (κ1) is 35.2. The summed E-state index contributed by atoms with van der Waals surface area (Å²) in [6, 6.07) is 23.1. The Bertz CT molecular complexity index is 1480. The molecule has 0 aromatic heterocycles. The number of amides is 2. The van der Waals surface area contributed by atoms with Gasteiger partial charge in [-0.2, -0.15) is 0 Å². The highest BCUT2D eigenvalue weighted by atomic mass is 16.5. The van der Waals surface area contributed by atoms with Crippen molar-refractivity contribution in [2.24, 2.45) is 0 Å². The minimum Gasteiger partial charge on any atom is -0.465 e. The molecular formula is C38H48N4O5. The second-order valence-corrected chi connectivity index (χ2v) is 11.8. The van der Waals surface area contributed by atoms with E-state index in [9.17, 15) is 14.4 Å². The van der Waals surface area contributed by atoms with Crippen molar-refractivity contribution in [1.82, 2.24) is 5.32 Å². The summed E-state index contributed by atoms with van der Waals surface area (Å²) in [5, 5.41) is 10.7. The minimum atomic E-state index is -0.612. The van der Waals surface area contributed by atoms with Crippen LogP contribution in [0.15, 0.2) is 72.8 Å². The molecule has 3 aromatic rings. The van der Waals surface area contributed by atoms with Gasteiger partial charge in [-0.1, -0.05) is 81.5 Å². The Kier molecular flexibility index (Phi) is 13.8. The van der Waals surface area contributed by atoms with E-state index in [0.29, 0.717) is 38.2 Å². The molecule has 1 aliphatic heterocycles. The highest BCUT2D eigenvalue weighted by Gasteiger charge is 2.24. The highest BCUT2D eigenvalue weighted by molar-refractivity contribution is 6.04. The van der Waals surface area contributed by atoms with Crippen LogP contribution in [-0.4, -0.2) is 50.1 Å². The Labute approximate surface area is 278 Å². The fourth-order valence-electron chi connectivity index (χ4n) is 5.77. The lowest BCUT2D eigenvalue weighted by Crippen LogP contribution is -2.36. The number of aryl methyl sites for hydroxylation is 2. The summed E-state index contributed by atoms with van der Waals surface area (Å²) >= 11 is 0. The van der Waals surface area contributed by atoms with Gasteiger partial charge >= 0.3 is 12.1 Å². The molecule has 0 saturated heterocycles. The van der Waals surface area contributed by atoms with Crippen LogP contribution in [-0.2, 0) is 31.9 Å². The summed E-state index contributed by atoms with van der Waals surface area (Å²) in [5.41, 5.74) is 5.31. The molecule has 1 aliphatic rings. The van der Waals surface area contributed by atoms with Gasteiger partial charge in [-0.25, -0.2) is 4.79 Å². The lowest BCUT2D eigenvalue weighted by atomic mass is 9.99. The van der Waals surface area contributed by atoms with Gasteiger partial charge in [0.2, 0.25) is 5.91 Å². The molecule has 1 heterocycles. The first-order valence-corrected chi connectivity index (χ1v) is 16.9. The van der Waals surface area contributed by atoms with E-state index in [-0.39, 0.29) is 24.3 Å². The molecule has 47 heavy (non-hydrogen) atoms. The normalized spacial score (nSPS) is 12.2.